The van der Waals surface area contributed by atoms with Gasteiger partial charge in [0.25, 0.3) is 0 Å². The average Bonchev–Trinajstić information content (AvgIpc) is 2.48. The maximum atomic E-state index is 13.1. The number of carbonyl (C=O) groups is 1. The van der Waals surface area contributed by atoms with Crippen LogP contribution in [0.1, 0.15) is 18.5 Å². The highest BCUT2D eigenvalue weighted by Gasteiger charge is 2.11. The van der Waals surface area contributed by atoms with Crippen molar-refractivity contribution in [3.8, 4) is 0 Å². The van der Waals surface area contributed by atoms with Gasteiger partial charge >= 0.3 is 0 Å². The standard InChI is InChI=1S/C16H14ClF2NOS/c1-10(11-3-2-4-12(17)7-11)20-16(21)9-22-13-5-6-14(18)15(19)8-13/h2-8,10H,9H2,1H3,(H,20,21)/t10-/m1/s1. The third kappa shape index (κ3) is 4.71. The van der Waals surface area contributed by atoms with Crippen molar-refractivity contribution < 1.29 is 13.6 Å². The Morgan fingerprint density at radius 2 is 2.00 bits per heavy atom. The van der Waals surface area contributed by atoms with Crippen molar-refractivity contribution in [2.75, 3.05) is 5.75 Å². The van der Waals surface area contributed by atoms with E-state index >= 15 is 0 Å². The Morgan fingerprint density at radius 1 is 1.23 bits per heavy atom. The van der Waals surface area contributed by atoms with E-state index in [4.69, 9.17) is 11.6 Å². The molecule has 0 aliphatic carbocycles. The van der Waals surface area contributed by atoms with Crippen molar-refractivity contribution in [2.24, 2.45) is 0 Å². The maximum absolute atomic E-state index is 13.1. The molecule has 1 N–H and O–H groups in total. The zero-order valence-electron chi connectivity index (χ0n) is 11.8. The lowest BCUT2D eigenvalue weighted by atomic mass is 10.1. The molecule has 0 spiro atoms. The normalized spacial score (nSPS) is 12.0. The Morgan fingerprint density at radius 3 is 2.68 bits per heavy atom. The molecule has 0 unspecified atom stereocenters. The van der Waals surface area contributed by atoms with Crippen LogP contribution in [-0.2, 0) is 4.79 Å². The van der Waals surface area contributed by atoms with Crippen LogP contribution in [-0.4, -0.2) is 11.7 Å². The summed E-state index contributed by atoms with van der Waals surface area (Å²) in [4.78, 5) is 12.4. The van der Waals surface area contributed by atoms with Crippen LogP contribution in [0.4, 0.5) is 8.78 Å². The summed E-state index contributed by atoms with van der Waals surface area (Å²) < 4.78 is 25.9. The molecule has 0 aliphatic rings. The lowest BCUT2D eigenvalue weighted by Crippen LogP contribution is -2.28. The van der Waals surface area contributed by atoms with Gasteiger partial charge in [-0.15, -0.1) is 11.8 Å². The van der Waals surface area contributed by atoms with Crippen LogP contribution >= 0.6 is 23.4 Å². The Hall–Kier alpha value is -1.59. The number of halogens is 3. The molecule has 0 saturated heterocycles. The van der Waals surface area contributed by atoms with Crippen LogP contribution in [0.15, 0.2) is 47.4 Å². The average molecular weight is 342 g/mol. The zero-order valence-corrected chi connectivity index (χ0v) is 13.3. The third-order valence-corrected chi connectivity index (χ3v) is 4.22. The molecule has 1 atom stereocenters. The van der Waals surface area contributed by atoms with Crippen molar-refractivity contribution in [3.63, 3.8) is 0 Å². The Labute approximate surface area is 136 Å². The second-order valence-electron chi connectivity index (χ2n) is 4.71. The molecule has 22 heavy (non-hydrogen) atoms. The van der Waals surface area contributed by atoms with E-state index in [0.29, 0.717) is 9.92 Å². The minimum Gasteiger partial charge on any atom is -0.349 e. The van der Waals surface area contributed by atoms with Gasteiger partial charge in [0, 0.05) is 9.92 Å². The van der Waals surface area contributed by atoms with Crippen molar-refractivity contribution in [1.82, 2.24) is 5.32 Å². The molecule has 0 heterocycles. The van der Waals surface area contributed by atoms with E-state index in [2.05, 4.69) is 5.32 Å². The first-order valence-corrected chi connectivity index (χ1v) is 7.95. The Kier molecular flexibility index (Phi) is 5.80. The van der Waals surface area contributed by atoms with Gasteiger partial charge in [-0.3, -0.25) is 4.79 Å². The van der Waals surface area contributed by atoms with Gasteiger partial charge in [-0.1, -0.05) is 23.7 Å². The predicted octanol–water partition coefficient (Wildman–Crippen LogP) is 4.59. The van der Waals surface area contributed by atoms with E-state index in [0.717, 1.165) is 29.5 Å². The first kappa shape index (κ1) is 16.8. The summed E-state index contributed by atoms with van der Waals surface area (Å²) in [5.41, 5.74) is 0.902. The molecule has 1 amide bonds. The summed E-state index contributed by atoms with van der Waals surface area (Å²) in [6.45, 7) is 1.85. The molecule has 0 saturated carbocycles. The topological polar surface area (TPSA) is 29.1 Å². The molecule has 0 fully saturated rings. The van der Waals surface area contributed by atoms with Crippen LogP contribution < -0.4 is 5.32 Å². The Balaban J connectivity index is 1.88. The molecule has 2 nitrogen and oxygen atoms in total. The highest BCUT2D eigenvalue weighted by Crippen LogP contribution is 2.21. The smallest absolute Gasteiger partial charge is 0.230 e. The Bertz CT molecular complexity index is 681. The lowest BCUT2D eigenvalue weighted by molar-refractivity contribution is -0.119. The molecule has 2 aromatic rings. The van der Waals surface area contributed by atoms with E-state index in [-0.39, 0.29) is 17.7 Å². The number of thioether (sulfide) groups is 1. The molecule has 0 aromatic heterocycles. The molecule has 2 aromatic carbocycles. The molecule has 2 rings (SSSR count). The van der Waals surface area contributed by atoms with Crippen molar-refractivity contribution in [2.45, 2.75) is 17.9 Å². The van der Waals surface area contributed by atoms with E-state index < -0.39 is 11.6 Å². The number of rotatable bonds is 5. The number of benzene rings is 2. The fourth-order valence-corrected chi connectivity index (χ4v) is 2.79. The van der Waals surface area contributed by atoms with Crippen molar-refractivity contribution in [3.05, 3.63) is 64.7 Å². The maximum Gasteiger partial charge on any atom is 0.230 e. The van der Waals surface area contributed by atoms with Crippen LogP contribution in [0, 0.1) is 11.6 Å². The summed E-state index contributed by atoms with van der Waals surface area (Å²) in [7, 11) is 0. The van der Waals surface area contributed by atoms with E-state index in [1.165, 1.54) is 6.07 Å². The fraction of sp³-hybridized carbons (Fsp3) is 0.188. The molecule has 6 heteroatoms. The second kappa shape index (κ2) is 7.61. The summed E-state index contributed by atoms with van der Waals surface area (Å²) in [6.07, 6.45) is 0. The predicted molar refractivity (Wildman–Crippen MR) is 85.1 cm³/mol. The van der Waals surface area contributed by atoms with E-state index in [1.807, 2.05) is 19.1 Å². The number of nitrogens with one attached hydrogen (secondary N) is 1. The largest absolute Gasteiger partial charge is 0.349 e. The van der Waals surface area contributed by atoms with E-state index in [9.17, 15) is 13.6 Å². The quantitative estimate of drug-likeness (QED) is 0.806. The van der Waals surface area contributed by atoms with Crippen molar-refractivity contribution >= 4 is 29.3 Å². The summed E-state index contributed by atoms with van der Waals surface area (Å²) in [6, 6.07) is 10.6. The molecular formula is C16H14ClF2NOS. The fourth-order valence-electron chi connectivity index (χ4n) is 1.86. The van der Waals surface area contributed by atoms with Crippen LogP contribution in [0.25, 0.3) is 0 Å². The highest BCUT2D eigenvalue weighted by atomic mass is 35.5. The molecule has 0 aliphatic heterocycles. The number of hydrogen-bond donors (Lipinski definition) is 1. The van der Waals surface area contributed by atoms with Crippen LogP contribution in [0.3, 0.4) is 0 Å². The molecule has 116 valence electrons. The van der Waals surface area contributed by atoms with E-state index in [1.54, 1.807) is 12.1 Å². The van der Waals surface area contributed by atoms with Gasteiger partial charge in [0.05, 0.1) is 11.8 Å². The van der Waals surface area contributed by atoms with Gasteiger partial charge in [-0.05, 0) is 42.8 Å². The first-order valence-electron chi connectivity index (χ1n) is 6.58. The van der Waals surface area contributed by atoms with Gasteiger partial charge in [0.15, 0.2) is 11.6 Å². The first-order chi connectivity index (χ1) is 10.5. The third-order valence-electron chi connectivity index (χ3n) is 2.99. The van der Waals surface area contributed by atoms with Gasteiger partial charge < -0.3 is 5.32 Å². The van der Waals surface area contributed by atoms with Gasteiger partial charge in [0.2, 0.25) is 5.91 Å². The lowest BCUT2D eigenvalue weighted by Gasteiger charge is -2.14. The minimum absolute atomic E-state index is 0.121. The number of amides is 1. The van der Waals surface area contributed by atoms with Gasteiger partial charge in [0.1, 0.15) is 0 Å². The molecule has 0 bridgehead atoms. The van der Waals surface area contributed by atoms with Gasteiger partial charge in [-0.25, -0.2) is 8.78 Å². The molecule has 0 radical (unpaired) electrons. The SMILES string of the molecule is C[C@@H](NC(=O)CSc1ccc(F)c(F)c1)c1cccc(Cl)c1. The number of carbonyl (C=O) groups excluding carboxylic acids is 1. The summed E-state index contributed by atoms with van der Waals surface area (Å²) in [5, 5.41) is 3.44. The number of hydrogen-bond acceptors (Lipinski definition) is 2. The zero-order chi connectivity index (χ0) is 16.1. The molecular weight excluding hydrogens is 328 g/mol. The van der Waals surface area contributed by atoms with Crippen molar-refractivity contribution in [1.29, 1.82) is 0 Å². The highest BCUT2D eigenvalue weighted by molar-refractivity contribution is 8.00. The summed E-state index contributed by atoms with van der Waals surface area (Å²) >= 11 is 7.06. The minimum atomic E-state index is -0.919. The van der Waals surface area contributed by atoms with Crippen LogP contribution in [0.2, 0.25) is 5.02 Å². The summed E-state index contributed by atoms with van der Waals surface area (Å²) in [5.74, 6) is -1.89. The van der Waals surface area contributed by atoms with Crippen LogP contribution in [0.5, 0.6) is 0 Å². The monoisotopic (exact) mass is 341 g/mol. The second-order valence-corrected chi connectivity index (χ2v) is 6.19. The van der Waals surface area contributed by atoms with Gasteiger partial charge in [-0.2, -0.15) is 0 Å².